The van der Waals surface area contributed by atoms with Crippen LogP contribution in [-0.4, -0.2) is 13.5 Å². The zero-order chi connectivity index (χ0) is 11.4. The molecule has 0 aliphatic heterocycles. The molecule has 2 rings (SSSR count). The molecule has 0 amide bonds. The molecule has 17 heavy (non-hydrogen) atoms. The van der Waals surface area contributed by atoms with Crippen molar-refractivity contribution in [3.63, 3.8) is 0 Å². The van der Waals surface area contributed by atoms with Crippen LogP contribution in [0.4, 0.5) is 0 Å². The Morgan fingerprint density at radius 2 is 1.18 bits per heavy atom. The number of aliphatic hydroxyl groups is 1. The van der Waals surface area contributed by atoms with Gasteiger partial charge >= 0.3 is 0 Å². The van der Waals surface area contributed by atoms with E-state index in [1.54, 1.807) is 0 Å². The molecule has 2 aromatic rings. The highest BCUT2D eigenvalue weighted by molar-refractivity contribution is 5.75. The quantitative estimate of drug-likeness (QED) is 0.795. The molecule has 0 aromatic heterocycles. The SMILES string of the molecule is B.CCC(O)(c1ccccc1)c1ccccc1. The van der Waals surface area contributed by atoms with E-state index in [-0.39, 0.29) is 8.41 Å². The van der Waals surface area contributed by atoms with E-state index in [0.29, 0.717) is 6.42 Å². The van der Waals surface area contributed by atoms with Crippen molar-refractivity contribution in [3.8, 4) is 0 Å². The van der Waals surface area contributed by atoms with Crippen LogP contribution in [0.1, 0.15) is 24.5 Å². The molecule has 0 saturated carbocycles. The Labute approximate surface area is 105 Å². The van der Waals surface area contributed by atoms with Gasteiger partial charge in [0.15, 0.2) is 0 Å². The van der Waals surface area contributed by atoms with Gasteiger partial charge in [0.1, 0.15) is 5.60 Å². The van der Waals surface area contributed by atoms with Crippen LogP contribution in [0.15, 0.2) is 60.7 Å². The van der Waals surface area contributed by atoms with Gasteiger partial charge in [-0.05, 0) is 17.5 Å². The third-order valence-electron chi connectivity index (χ3n) is 3.01. The Balaban J connectivity index is 0.00000144. The molecule has 0 radical (unpaired) electrons. The molecule has 0 atom stereocenters. The molecule has 2 aromatic carbocycles. The highest BCUT2D eigenvalue weighted by Gasteiger charge is 2.28. The summed E-state index contributed by atoms with van der Waals surface area (Å²) in [6.07, 6.45) is 0.668. The van der Waals surface area contributed by atoms with Crippen LogP contribution < -0.4 is 0 Å². The molecule has 88 valence electrons. The molecule has 0 heterocycles. The molecule has 0 spiro atoms. The first kappa shape index (κ1) is 13.5. The Bertz CT molecular complexity index is 399. The van der Waals surface area contributed by atoms with Gasteiger partial charge < -0.3 is 5.11 Å². The summed E-state index contributed by atoms with van der Waals surface area (Å²) >= 11 is 0. The maximum Gasteiger partial charge on any atom is 0.114 e. The molecular weight excluding hydrogens is 207 g/mol. The minimum atomic E-state index is -0.872. The van der Waals surface area contributed by atoms with Gasteiger partial charge in [-0.2, -0.15) is 0 Å². The van der Waals surface area contributed by atoms with Crippen molar-refractivity contribution < 1.29 is 5.11 Å². The zero-order valence-corrected chi connectivity index (χ0v) is 9.43. The summed E-state index contributed by atoms with van der Waals surface area (Å²) in [5.41, 5.74) is 1.02. The lowest BCUT2D eigenvalue weighted by Gasteiger charge is -2.28. The fourth-order valence-electron chi connectivity index (χ4n) is 2.00. The highest BCUT2D eigenvalue weighted by atomic mass is 16.3. The van der Waals surface area contributed by atoms with E-state index in [1.807, 2.05) is 67.6 Å². The summed E-state index contributed by atoms with van der Waals surface area (Å²) in [4.78, 5) is 0. The van der Waals surface area contributed by atoms with Gasteiger partial charge in [-0.25, -0.2) is 0 Å². The van der Waals surface area contributed by atoms with E-state index in [0.717, 1.165) is 11.1 Å². The highest BCUT2D eigenvalue weighted by Crippen LogP contribution is 2.32. The lowest BCUT2D eigenvalue weighted by Crippen LogP contribution is -2.25. The average Bonchev–Trinajstić information content (AvgIpc) is 2.40. The van der Waals surface area contributed by atoms with E-state index in [2.05, 4.69) is 0 Å². The van der Waals surface area contributed by atoms with Crippen molar-refractivity contribution in [1.29, 1.82) is 0 Å². The first-order valence-electron chi connectivity index (χ1n) is 5.61. The maximum atomic E-state index is 10.8. The largest absolute Gasteiger partial charge is 0.380 e. The van der Waals surface area contributed by atoms with Gasteiger partial charge in [-0.3, -0.25) is 0 Å². The smallest absolute Gasteiger partial charge is 0.114 e. The molecule has 0 saturated heterocycles. The van der Waals surface area contributed by atoms with Crippen molar-refractivity contribution >= 4 is 8.41 Å². The van der Waals surface area contributed by atoms with Crippen molar-refractivity contribution in [2.24, 2.45) is 0 Å². The molecule has 1 N–H and O–H groups in total. The summed E-state index contributed by atoms with van der Waals surface area (Å²) in [6, 6.07) is 19.6. The number of benzene rings is 2. The lowest BCUT2D eigenvalue weighted by atomic mass is 9.84. The fourth-order valence-corrected chi connectivity index (χ4v) is 2.00. The maximum absolute atomic E-state index is 10.8. The Morgan fingerprint density at radius 3 is 1.47 bits per heavy atom. The summed E-state index contributed by atoms with van der Waals surface area (Å²) < 4.78 is 0. The fraction of sp³-hybridized carbons (Fsp3) is 0.200. The molecule has 0 aliphatic carbocycles. The first-order valence-corrected chi connectivity index (χ1v) is 5.61. The van der Waals surface area contributed by atoms with E-state index in [9.17, 15) is 5.11 Å². The molecule has 0 unspecified atom stereocenters. The Kier molecular flexibility index (Phi) is 4.53. The van der Waals surface area contributed by atoms with Gasteiger partial charge in [-0.15, -0.1) is 0 Å². The Hall–Kier alpha value is -1.54. The van der Waals surface area contributed by atoms with Crippen LogP contribution in [0.5, 0.6) is 0 Å². The lowest BCUT2D eigenvalue weighted by molar-refractivity contribution is 0.0765. The monoisotopic (exact) mass is 226 g/mol. The van der Waals surface area contributed by atoms with Gasteiger partial charge in [-0.1, -0.05) is 67.6 Å². The predicted molar refractivity (Wildman–Crippen MR) is 76.1 cm³/mol. The third kappa shape index (κ3) is 2.59. The molecule has 0 bridgehead atoms. The second kappa shape index (κ2) is 5.69. The van der Waals surface area contributed by atoms with Crippen molar-refractivity contribution in [2.75, 3.05) is 0 Å². The van der Waals surface area contributed by atoms with Crippen molar-refractivity contribution in [3.05, 3.63) is 71.8 Å². The normalized spacial score (nSPS) is 10.7. The summed E-state index contributed by atoms with van der Waals surface area (Å²) in [6.45, 7) is 2.00. The van der Waals surface area contributed by atoms with Crippen LogP contribution in [0.25, 0.3) is 0 Å². The molecule has 2 heteroatoms. The van der Waals surface area contributed by atoms with Crippen LogP contribution in [-0.2, 0) is 5.60 Å². The van der Waals surface area contributed by atoms with Gasteiger partial charge in [0, 0.05) is 0 Å². The van der Waals surface area contributed by atoms with Gasteiger partial charge in [0.2, 0.25) is 0 Å². The van der Waals surface area contributed by atoms with Crippen molar-refractivity contribution in [2.45, 2.75) is 18.9 Å². The average molecular weight is 226 g/mol. The van der Waals surface area contributed by atoms with Crippen LogP contribution in [0.3, 0.4) is 0 Å². The molecule has 0 fully saturated rings. The molecule has 1 nitrogen and oxygen atoms in total. The van der Waals surface area contributed by atoms with Crippen molar-refractivity contribution in [1.82, 2.24) is 0 Å². The number of hydrogen-bond acceptors (Lipinski definition) is 1. The van der Waals surface area contributed by atoms with Gasteiger partial charge in [0.05, 0.1) is 8.41 Å². The van der Waals surface area contributed by atoms with E-state index < -0.39 is 5.60 Å². The topological polar surface area (TPSA) is 20.2 Å². The number of rotatable bonds is 3. The summed E-state index contributed by atoms with van der Waals surface area (Å²) in [5, 5.41) is 10.8. The second-order valence-corrected chi connectivity index (χ2v) is 3.95. The van der Waals surface area contributed by atoms with Gasteiger partial charge in [0.25, 0.3) is 0 Å². The first-order chi connectivity index (χ1) is 7.77. The molecular formula is C15H19BO. The summed E-state index contributed by atoms with van der Waals surface area (Å²) in [5.74, 6) is 0. The van der Waals surface area contributed by atoms with Crippen LogP contribution >= 0.6 is 0 Å². The zero-order valence-electron chi connectivity index (χ0n) is 9.43. The van der Waals surface area contributed by atoms with E-state index in [1.165, 1.54) is 0 Å². The molecule has 0 aliphatic rings. The number of hydrogen-bond donors (Lipinski definition) is 1. The standard InChI is InChI=1S/C15H16O.BH3/c1-2-15(16,13-9-5-3-6-10-13)14-11-7-4-8-12-14;/h3-12,16H,2H2,1H3;1H3. The minimum Gasteiger partial charge on any atom is -0.380 e. The Morgan fingerprint density at radius 1 is 0.824 bits per heavy atom. The van der Waals surface area contributed by atoms with Crippen LogP contribution in [0.2, 0.25) is 0 Å². The predicted octanol–water partition coefficient (Wildman–Crippen LogP) is 2.15. The van der Waals surface area contributed by atoms with E-state index in [4.69, 9.17) is 0 Å². The summed E-state index contributed by atoms with van der Waals surface area (Å²) in [7, 11) is 0. The van der Waals surface area contributed by atoms with Crippen LogP contribution in [0, 0.1) is 0 Å². The van der Waals surface area contributed by atoms with E-state index >= 15 is 0 Å². The third-order valence-corrected chi connectivity index (χ3v) is 3.01. The minimum absolute atomic E-state index is 0. The second-order valence-electron chi connectivity index (χ2n) is 3.95.